The highest BCUT2D eigenvalue weighted by atomic mass is 32.1. The third-order valence-corrected chi connectivity index (χ3v) is 4.10. The molecule has 0 fully saturated rings. The number of nitrogens with zero attached hydrogens (tertiary/aromatic N) is 1. The molecule has 2 nitrogen and oxygen atoms in total. The molecule has 2 heterocycles. The molecule has 0 radical (unpaired) electrons. The van der Waals surface area contributed by atoms with Gasteiger partial charge in [0.1, 0.15) is 0 Å². The van der Waals surface area contributed by atoms with Crippen molar-refractivity contribution >= 4 is 32.3 Å². The van der Waals surface area contributed by atoms with Crippen LogP contribution in [0.1, 0.15) is 24.6 Å². The van der Waals surface area contributed by atoms with Gasteiger partial charge in [0.2, 0.25) is 0 Å². The highest BCUT2D eigenvalue weighted by Gasteiger charge is 2.08. The summed E-state index contributed by atoms with van der Waals surface area (Å²) >= 11 is 1.88. The molecule has 0 unspecified atom stereocenters. The van der Waals surface area contributed by atoms with Crippen LogP contribution in [0.3, 0.4) is 0 Å². The van der Waals surface area contributed by atoms with E-state index in [1.165, 1.54) is 20.3 Å². The van der Waals surface area contributed by atoms with Crippen LogP contribution in [0.4, 0.5) is 0 Å². The fraction of sp³-hybridized carbons (Fsp3) is 0.250. The normalized spacial score (nSPS) is 11.9. The molecule has 76 valence electrons. The average molecular weight is 216 g/mol. The van der Waals surface area contributed by atoms with E-state index < -0.39 is 0 Å². The number of rotatable bonds is 1. The summed E-state index contributed by atoms with van der Waals surface area (Å²) in [5.74, 6) is 0.598. The molecule has 3 aromatic rings. The molecule has 3 rings (SSSR count). The van der Waals surface area contributed by atoms with Crippen molar-refractivity contribution in [1.82, 2.24) is 10.2 Å². The van der Waals surface area contributed by atoms with Gasteiger partial charge in [0.15, 0.2) is 0 Å². The van der Waals surface area contributed by atoms with Crippen LogP contribution in [0.2, 0.25) is 0 Å². The molecule has 0 aliphatic rings. The standard InChI is InChI=1S/C12H12N2S/c1-7(2)11-5-9-10(15-11)4-3-8-6-13-14-12(8)9/h3-7H,1-2H3,(H,13,14). The first-order valence-corrected chi connectivity index (χ1v) is 5.93. The Balaban J connectivity index is 2.41. The summed E-state index contributed by atoms with van der Waals surface area (Å²) in [6.07, 6.45) is 1.88. The maximum Gasteiger partial charge on any atom is 0.0737 e. The summed E-state index contributed by atoms with van der Waals surface area (Å²) in [6.45, 7) is 4.46. The van der Waals surface area contributed by atoms with Gasteiger partial charge in [0.05, 0.1) is 11.7 Å². The second-order valence-corrected chi connectivity index (χ2v) is 5.23. The van der Waals surface area contributed by atoms with Crippen molar-refractivity contribution in [1.29, 1.82) is 0 Å². The third kappa shape index (κ3) is 1.27. The highest BCUT2D eigenvalue weighted by molar-refractivity contribution is 7.19. The van der Waals surface area contributed by atoms with Crippen LogP contribution in [0, 0.1) is 0 Å². The Kier molecular flexibility index (Phi) is 1.83. The zero-order valence-corrected chi connectivity index (χ0v) is 9.56. The number of fused-ring (bicyclic) bond motifs is 3. The summed E-state index contributed by atoms with van der Waals surface area (Å²) in [5, 5.41) is 9.65. The first-order chi connectivity index (χ1) is 7.25. The molecule has 0 saturated heterocycles. The topological polar surface area (TPSA) is 28.7 Å². The fourth-order valence-electron chi connectivity index (χ4n) is 1.83. The molecule has 15 heavy (non-hydrogen) atoms. The van der Waals surface area contributed by atoms with Gasteiger partial charge in [-0.05, 0) is 24.1 Å². The molecule has 0 aliphatic carbocycles. The van der Waals surface area contributed by atoms with E-state index in [1.807, 2.05) is 17.5 Å². The van der Waals surface area contributed by atoms with E-state index in [4.69, 9.17) is 0 Å². The van der Waals surface area contributed by atoms with Gasteiger partial charge in [-0.3, -0.25) is 5.10 Å². The molecule has 1 aromatic carbocycles. The first-order valence-electron chi connectivity index (χ1n) is 5.11. The van der Waals surface area contributed by atoms with Crippen molar-refractivity contribution in [3.8, 4) is 0 Å². The number of hydrogen-bond acceptors (Lipinski definition) is 2. The lowest BCUT2D eigenvalue weighted by molar-refractivity contribution is 0.890. The lowest BCUT2D eigenvalue weighted by atomic mass is 10.1. The smallest absolute Gasteiger partial charge is 0.0737 e. The van der Waals surface area contributed by atoms with E-state index in [1.54, 1.807) is 0 Å². The van der Waals surface area contributed by atoms with Crippen molar-refractivity contribution in [3.63, 3.8) is 0 Å². The minimum Gasteiger partial charge on any atom is -0.277 e. The molecule has 2 aromatic heterocycles. The molecule has 0 amide bonds. The second-order valence-electron chi connectivity index (χ2n) is 4.12. The molecule has 0 aliphatic heterocycles. The number of aromatic amines is 1. The largest absolute Gasteiger partial charge is 0.277 e. The third-order valence-electron chi connectivity index (χ3n) is 2.70. The van der Waals surface area contributed by atoms with Crippen molar-refractivity contribution < 1.29 is 0 Å². The average Bonchev–Trinajstić information content (AvgIpc) is 2.82. The molecule has 0 saturated carbocycles. The Morgan fingerprint density at radius 1 is 1.33 bits per heavy atom. The summed E-state index contributed by atoms with van der Waals surface area (Å²) in [5.41, 5.74) is 1.16. The Hall–Kier alpha value is -1.35. The maximum atomic E-state index is 4.09. The summed E-state index contributed by atoms with van der Waals surface area (Å²) < 4.78 is 1.34. The molecule has 0 bridgehead atoms. The molecule has 0 spiro atoms. The highest BCUT2D eigenvalue weighted by Crippen LogP contribution is 2.34. The van der Waals surface area contributed by atoms with Gasteiger partial charge in [-0.2, -0.15) is 5.10 Å². The number of aromatic nitrogens is 2. The lowest BCUT2D eigenvalue weighted by Gasteiger charge is -1.96. The number of hydrogen-bond donors (Lipinski definition) is 1. The van der Waals surface area contributed by atoms with E-state index in [0.29, 0.717) is 5.92 Å². The van der Waals surface area contributed by atoms with Crippen LogP contribution in [0.5, 0.6) is 0 Å². The monoisotopic (exact) mass is 216 g/mol. The van der Waals surface area contributed by atoms with Gasteiger partial charge in [0.25, 0.3) is 0 Å². The van der Waals surface area contributed by atoms with Gasteiger partial charge >= 0.3 is 0 Å². The quantitative estimate of drug-likeness (QED) is 0.656. The molecular formula is C12H12N2S. The van der Waals surface area contributed by atoms with Crippen LogP contribution in [-0.2, 0) is 0 Å². The van der Waals surface area contributed by atoms with Crippen molar-refractivity contribution in [3.05, 3.63) is 29.3 Å². The molecular weight excluding hydrogens is 204 g/mol. The van der Waals surface area contributed by atoms with Gasteiger partial charge in [-0.1, -0.05) is 13.8 Å². The number of nitrogens with one attached hydrogen (secondary N) is 1. The van der Waals surface area contributed by atoms with E-state index >= 15 is 0 Å². The fourth-order valence-corrected chi connectivity index (χ4v) is 2.90. The number of benzene rings is 1. The van der Waals surface area contributed by atoms with Crippen molar-refractivity contribution in [2.75, 3.05) is 0 Å². The SMILES string of the molecule is CC(C)c1cc2c(ccc3cn[nH]c32)s1. The van der Waals surface area contributed by atoms with Crippen LogP contribution < -0.4 is 0 Å². The second kappa shape index (κ2) is 3.07. The van der Waals surface area contributed by atoms with E-state index in [0.717, 1.165) is 5.52 Å². The molecule has 3 heteroatoms. The first kappa shape index (κ1) is 8.92. The molecule has 0 atom stereocenters. The minimum atomic E-state index is 0.598. The minimum absolute atomic E-state index is 0.598. The van der Waals surface area contributed by atoms with E-state index in [2.05, 4.69) is 42.2 Å². The number of H-pyrrole nitrogens is 1. The van der Waals surface area contributed by atoms with Gasteiger partial charge in [-0.25, -0.2) is 0 Å². The van der Waals surface area contributed by atoms with Gasteiger partial charge in [-0.15, -0.1) is 11.3 Å². The van der Waals surface area contributed by atoms with Crippen LogP contribution in [0.25, 0.3) is 21.0 Å². The number of thiophene rings is 1. The Morgan fingerprint density at radius 3 is 3.00 bits per heavy atom. The van der Waals surface area contributed by atoms with E-state index in [9.17, 15) is 0 Å². The zero-order valence-electron chi connectivity index (χ0n) is 8.74. The predicted molar refractivity (Wildman–Crippen MR) is 65.6 cm³/mol. The van der Waals surface area contributed by atoms with Crippen LogP contribution in [-0.4, -0.2) is 10.2 Å². The Morgan fingerprint density at radius 2 is 2.20 bits per heavy atom. The van der Waals surface area contributed by atoms with Crippen molar-refractivity contribution in [2.24, 2.45) is 0 Å². The predicted octanol–water partition coefficient (Wildman–Crippen LogP) is 3.90. The Bertz CT molecular complexity index is 619. The summed E-state index contributed by atoms with van der Waals surface area (Å²) in [4.78, 5) is 1.44. The Labute approximate surface area is 91.9 Å². The maximum absolute atomic E-state index is 4.09. The van der Waals surface area contributed by atoms with Crippen LogP contribution in [0.15, 0.2) is 24.4 Å². The van der Waals surface area contributed by atoms with Gasteiger partial charge < -0.3 is 0 Å². The van der Waals surface area contributed by atoms with E-state index in [-0.39, 0.29) is 0 Å². The zero-order chi connectivity index (χ0) is 10.4. The summed E-state index contributed by atoms with van der Waals surface area (Å²) in [6, 6.07) is 6.59. The van der Waals surface area contributed by atoms with Gasteiger partial charge in [0, 0.05) is 20.3 Å². The van der Waals surface area contributed by atoms with Crippen LogP contribution >= 0.6 is 11.3 Å². The summed E-state index contributed by atoms with van der Waals surface area (Å²) in [7, 11) is 0. The van der Waals surface area contributed by atoms with Crippen molar-refractivity contribution in [2.45, 2.75) is 19.8 Å². The lowest BCUT2D eigenvalue weighted by Crippen LogP contribution is -1.77. The molecule has 1 N–H and O–H groups in total.